The van der Waals surface area contributed by atoms with Gasteiger partial charge < -0.3 is 15.0 Å². The zero-order valence-corrected chi connectivity index (χ0v) is 12.6. The Morgan fingerprint density at radius 3 is 2.80 bits per heavy atom. The Morgan fingerprint density at radius 2 is 2.15 bits per heavy atom. The lowest BCUT2D eigenvalue weighted by Gasteiger charge is -2.17. The number of sulfone groups is 1. The predicted octanol–water partition coefficient (Wildman–Crippen LogP) is 0.316. The minimum absolute atomic E-state index is 0.111. The number of imidazole rings is 1. The Balaban J connectivity index is 2.34. The second kappa shape index (κ2) is 5.80. The van der Waals surface area contributed by atoms with Gasteiger partial charge in [-0.1, -0.05) is 6.07 Å². The van der Waals surface area contributed by atoms with Crippen LogP contribution in [0.4, 0.5) is 5.82 Å². The molecule has 0 fully saturated rings. The Morgan fingerprint density at radius 1 is 1.40 bits per heavy atom. The lowest BCUT2D eigenvalue weighted by atomic mass is 10.3. The van der Waals surface area contributed by atoms with Crippen LogP contribution >= 0.6 is 0 Å². The van der Waals surface area contributed by atoms with Crippen molar-refractivity contribution in [3.05, 3.63) is 30.1 Å². The first-order valence-corrected chi connectivity index (χ1v) is 8.53. The summed E-state index contributed by atoms with van der Waals surface area (Å²) in [5.41, 5.74) is 7.53. The fourth-order valence-electron chi connectivity index (χ4n) is 2.12. The summed E-state index contributed by atoms with van der Waals surface area (Å²) in [6.07, 6.45) is 3.89. The van der Waals surface area contributed by atoms with Gasteiger partial charge >= 0.3 is 0 Å². The van der Waals surface area contributed by atoms with Gasteiger partial charge in [0.1, 0.15) is 15.5 Å². The van der Waals surface area contributed by atoms with E-state index in [2.05, 4.69) is 4.98 Å². The maximum Gasteiger partial charge on any atom is 0.150 e. The summed E-state index contributed by atoms with van der Waals surface area (Å²) in [7, 11) is -1.13. The number of hydrogen-bond donors (Lipinski definition) is 1. The molecule has 0 aromatic carbocycles. The van der Waals surface area contributed by atoms with Crippen LogP contribution in [0.3, 0.4) is 0 Å². The molecule has 0 aliphatic carbocycles. The van der Waals surface area contributed by atoms with E-state index in [4.69, 9.17) is 5.73 Å². The van der Waals surface area contributed by atoms with Crippen molar-refractivity contribution in [3.8, 4) is 0 Å². The monoisotopic (exact) mass is 296 g/mol. The first kappa shape index (κ1) is 14.8. The molecule has 0 unspecified atom stereocenters. The third-order valence-corrected chi connectivity index (χ3v) is 4.07. The van der Waals surface area contributed by atoms with E-state index in [1.54, 1.807) is 0 Å². The number of nitrogens with two attached hydrogens (primary N) is 1. The Bertz CT molecular complexity index is 693. The fraction of sp³-hybridized carbons (Fsp3) is 0.462. The van der Waals surface area contributed by atoms with Crippen molar-refractivity contribution in [1.29, 1.82) is 0 Å². The van der Waals surface area contributed by atoms with E-state index in [1.165, 1.54) is 6.26 Å². The molecular weight excluding hydrogens is 276 g/mol. The summed E-state index contributed by atoms with van der Waals surface area (Å²) >= 11 is 0. The summed E-state index contributed by atoms with van der Waals surface area (Å²) in [4.78, 5) is 6.44. The highest BCUT2D eigenvalue weighted by atomic mass is 32.2. The quantitative estimate of drug-likeness (QED) is 0.830. The highest BCUT2D eigenvalue weighted by Crippen LogP contribution is 2.21. The smallest absolute Gasteiger partial charge is 0.150 e. The topological polar surface area (TPSA) is 80.7 Å². The number of hydrogen-bond acceptors (Lipinski definition) is 5. The van der Waals surface area contributed by atoms with Crippen LogP contribution in [-0.2, 0) is 16.3 Å². The van der Waals surface area contributed by atoms with Crippen LogP contribution in [0, 0.1) is 0 Å². The van der Waals surface area contributed by atoms with E-state index < -0.39 is 9.84 Å². The minimum Gasteiger partial charge on any atom is -0.357 e. The van der Waals surface area contributed by atoms with Crippen LogP contribution in [-0.4, -0.2) is 49.9 Å². The second-order valence-corrected chi connectivity index (χ2v) is 7.16. The highest BCUT2D eigenvalue weighted by molar-refractivity contribution is 7.90. The number of rotatable bonds is 6. The lowest BCUT2D eigenvalue weighted by Crippen LogP contribution is -2.26. The molecule has 6 nitrogen and oxygen atoms in total. The normalized spacial score (nSPS) is 11.9. The number of anilines is 1. The standard InChI is InChI=1S/C13H20N4O2S/c1-16(9-10-20(2,18)19)13-11(6-7-14)17-8-4-3-5-12(17)15-13/h3-5,8H,6-7,9-10,14H2,1-2H3. The van der Waals surface area contributed by atoms with Gasteiger partial charge in [0.15, 0.2) is 5.82 Å². The molecule has 0 saturated heterocycles. The van der Waals surface area contributed by atoms with Crippen molar-refractivity contribution in [2.45, 2.75) is 6.42 Å². The van der Waals surface area contributed by atoms with Gasteiger partial charge in [-0.25, -0.2) is 13.4 Å². The van der Waals surface area contributed by atoms with Crippen LogP contribution in [0.15, 0.2) is 24.4 Å². The van der Waals surface area contributed by atoms with E-state index in [1.807, 2.05) is 40.7 Å². The van der Waals surface area contributed by atoms with Crippen LogP contribution in [0.25, 0.3) is 5.65 Å². The molecule has 0 saturated carbocycles. The van der Waals surface area contributed by atoms with E-state index in [9.17, 15) is 8.42 Å². The highest BCUT2D eigenvalue weighted by Gasteiger charge is 2.16. The summed E-state index contributed by atoms with van der Waals surface area (Å²) in [5, 5.41) is 0. The molecule has 0 radical (unpaired) electrons. The largest absolute Gasteiger partial charge is 0.357 e. The van der Waals surface area contributed by atoms with Crippen LogP contribution < -0.4 is 10.6 Å². The summed E-state index contributed by atoms with van der Waals surface area (Å²) in [6.45, 7) is 0.940. The predicted molar refractivity (Wildman–Crippen MR) is 80.9 cm³/mol. The SMILES string of the molecule is CN(CCS(C)(=O)=O)c1nc2ccccn2c1CCN. The molecule has 7 heteroatoms. The molecule has 2 heterocycles. The fourth-order valence-corrected chi connectivity index (χ4v) is 2.72. The van der Waals surface area contributed by atoms with Crippen molar-refractivity contribution in [1.82, 2.24) is 9.38 Å². The molecule has 2 aromatic rings. The van der Waals surface area contributed by atoms with E-state index in [-0.39, 0.29) is 5.75 Å². The molecule has 20 heavy (non-hydrogen) atoms. The number of aromatic nitrogens is 2. The first-order chi connectivity index (χ1) is 9.42. The molecule has 2 N–H and O–H groups in total. The molecule has 2 rings (SSSR count). The second-order valence-electron chi connectivity index (χ2n) is 4.90. The number of fused-ring (bicyclic) bond motifs is 1. The Hall–Kier alpha value is -1.60. The molecule has 0 atom stereocenters. The molecule has 0 spiro atoms. The molecular formula is C13H20N4O2S. The zero-order valence-electron chi connectivity index (χ0n) is 11.8. The van der Waals surface area contributed by atoms with Crippen LogP contribution in [0.2, 0.25) is 0 Å². The van der Waals surface area contributed by atoms with Crippen molar-refractivity contribution in [2.75, 3.05) is 37.0 Å². The third kappa shape index (κ3) is 3.29. The lowest BCUT2D eigenvalue weighted by molar-refractivity contribution is 0.601. The summed E-state index contributed by atoms with van der Waals surface area (Å²) < 4.78 is 24.6. The van der Waals surface area contributed by atoms with Crippen molar-refractivity contribution in [2.24, 2.45) is 5.73 Å². The van der Waals surface area contributed by atoms with Crippen LogP contribution in [0.1, 0.15) is 5.69 Å². The molecule has 2 aromatic heterocycles. The molecule has 0 aliphatic heterocycles. The van der Waals surface area contributed by atoms with Crippen molar-refractivity contribution < 1.29 is 8.42 Å². The molecule has 0 bridgehead atoms. The first-order valence-electron chi connectivity index (χ1n) is 6.47. The summed E-state index contributed by atoms with van der Waals surface area (Å²) in [6, 6.07) is 5.79. The van der Waals surface area contributed by atoms with Gasteiger partial charge in [0.2, 0.25) is 0 Å². The van der Waals surface area contributed by atoms with Gasteiger partial charge in [0.25, 0.3) is 0 Å². The Kier molecular flexibility index (Phi) is 4.29. The number of pyridine rings is 1. The zero-order chi connectivity index (χ0) is 14.8. The summed E-state index contributed by atoms with van der Waals surface area (Å²) in [5.74, 6) is 0.907. The molecule has 110 valence electrons. The van der Waals surface area contributed by atoms with Gasteiger partial charge in [0.05, 0.1) is 11.4 Å². The van der Waals surface area contributed by atoms with Gasteiger partial charge in [-0.2, -0.15) is 0 Å². The maximum absolute atomic E-state index is 11.3. The Labute approximate surface area is 119 Å². The molecule has 0 aliphatic rings. The van der Waals surface area contributed by atoms with Gasteiger partial charge in [0, 0.05) is 32.5 Å². The van der Waals surface area contributed by atoms with Gasteiger partial charge in [-0.3, -0.25) is 0 Å². The van der Waals surface area contributed by atoms with Crippen molar-refractivity contribution >= 4 is 21.3 Å². The van der Waals surface area contributed by atoms with E-state index in [0.29, 0.717) is 19.5 Å². The average molecular weight is 296 g/mol. The van der Waals surface area contributed by atoms with E-state index in [0.717, 1.165) is 17.2 Å². The van der Waals surface area contributed by atoms with E-state index >= 15 is 0 Å². The average Bonchev–Trinajstić information content (AvgIpc) is 2.75. The molecule has 0 amide bonds. The van der Waals surface area contributed by atoms with Gasteiger partial charge in [-0.05, 0) is 18.7 Å². The third-order valence-electron chi connectivity index (χ3n) is 3.15. The van der Waals surface area contributed by atoms with Crippen LogP contribution in [0.5, 0.6) is 0 Å². The maximum atomic E-state index is 11.3. The van der Waals surface area contributed by atoms with Gasteiger partial charge in [-0.15, -0.1) is 0 Å². The minimum atomic E-state index is -2.98. The number of nitrogens with zero attached hydrogens (tertiary/aromatic N) is 3. The van der Waals surface area contributed by atoms with Crippen molar-refractivity contribution in [3.63, 3.8) is 0 Å².